The normalized spacial score (nSPS) is 14.5. The summed E-state index contributed by atoms with van der Waals surface area (Å²) in [6.45, 7) is 9.55. The molecule has 1 aromatic rings. The summed E-state index contributed by atoms with van der Waals surface area (Å²) in [7, 11) is 0. The number of anilines is 1. The summed E-state index contributed by atoms with van der Waals surface area (Å²) in [5.41, 5.74) is 4.59. The maximum absolute atomic E-state index is 11.7. The Balaban J connectivity index is 3.14. The Morgan fingerprint density at radius 3 is 2.37 bits per heavy atom. The van der Waals surface area contributed by atoms with Crippen molar-refractivity contribution in [3.05, 3.63) is 17.0 Å². The number of rotatable bonds is 5. The van der Waals surface area contributed by atoms with Gasteiger partial charge in [-0.2, -0.15) is 0 Å². The molecule has 0 bridgehead atoms. The molecular weight excluding hydrogens is 264 g/mol. The highest BCUT2D eigenvalue weighted by Gasteiger charge is 2.35. The highest BCUT2D eigenvalue weighted by Crippen LogP contribution is 2.24. The molecule has 19 heavy (non-hydrogen) atoms. The topological polar surface area (TPSA) is 80.9 Å². The molecule has 0 saturated carbocycles. The molecule has 0 radical (unpaired) electrons. The summed E-state index contributed by atoms with van der Waals surface area (Å²) in [6.07, 6.45) is 0. The van der Waals surface area contributed by atoms with E-state index in [9.17, 15) is 4.79 Å². The minimum atomic E-state index is -0.883. The number of carbonyl (C=O) groups excluding carboxylic acids is 1. The van der Waals surface area contributed by atoms with Gasteiger partial charge in [0, 0.05) is 12.0 Å². The Bertz CT molecular complexity index is 476. The zero-order chi connectivity index (χ0) is 14.8. The highest BCUT2D eigenvalue weighted by atomic mass is 35.5. The van der Waals surface area contributed by atoms with Gasteiger partial charge in [0.1, 0.15) is 22.3 Å². The van der Waals surface area contributed by atoms with Crippen molar-refractivity contribution in [1.82, 2.24) is 9.97 Å². The fourth-order valence-electron chi connectivity index (χ4n) is 1.51. The second-order valence-corrected chi connectivity index (χ2v) is 5.82. The number of primary amides is 1. The van der Waals surface area contributed by atoms with Crippen molar-refractivity contribution in [2.75, 3.05) is 5.32 Å². The van der Waals surface area contributed by atoms with E-state index in [0.717, 1.165) is 0 Å². The van der Waals surface area contributed by atoms with Gasteiger partial charge in [-0.05, 0) is 12.8 Å². The second-order valence-electron chi connectivity index (χ2n) is 5.44. The lowest BCUT2D eigenvalue weighted by Gasteiger charge is -2.32. The van der Waals surface area contributed by atoms with Crippen LogP contribution in [0.15, 0.2) is 6.07 Å². The number of carbonyl (C=O) groups is 1. The van der Waals surface area contributed by atoms with Crippen LogP contribution in [0.25, 0.3) is 0 Å². The first-order valence-corrected chi connectivity index (χ1v) is 6.67. The largest absolute Gasteiger partial charge is 0.368 e. The molecule has 0 fully saturated rings. The van der Waals surface area contributed by atoms with Gasteiger partial charge in [0.25, 0.3) is 0 Å². The average molecular weight is 285 g/mol. The van der Waals surface area contributed by atoms with Gasteiger partial charge in [-0.25, -0.2) is 9.97 Å². The minimum Gasteiger partial charge on any atom is -0.368 e. The maximum atomic E-state index is 11.7. The van der Waals surface area contributed by atoms with Gasteiger partial charge in [-0.1, -0.05) is 39.3 Å². The number of aromatic nitrogens is 2. The average Bonchev–Trinajstić information content (AvgIpc) is 2.27. The molecule has 0 spiro atoms. The zero-order valence-electron chi connectivity index (χ0n) is 12.0. The van der Waals surface area contributed by atoms with Crippen molar-refractivity contribution in [2.24, 2.45) is 11.7 Å². The first-order chi connectivity index (χ1) is 8.66. The molecule has 1 heterocycles. The van der Waals surface area contributed by atoms with Gasteiger partial charge < -0.3 is 11.1 Å². The van der Waals surface area contributed by atoms with E-state index in [0.29, 0.717) is 16.8 Å². The molecule has 0 saturated heterocycles. The molecule has 106 valence electrons. The summed E-state index contributed by atoms with van der Waals surface area (Å²) in [5.74, 6) is 0.881. The first kappa shape index (κ1) is 15.7. The number of hydrogen-bond acceptors (Lipinski definition) is 4. The van der Waals surface area contributed by atoms with Crippen LogP contribution in [-0.2, 0) is 4.79 Å². The number of halogens is 1. The van der Waals surface area contributed by atoms with Gasteiger partial charge in [0.15, 0.2) is 0 Å². The summed E-state index contributed by atoms with van der Waals surface area (Å²) in [6, 6.07) is 1.59. The van der Waals surface area contributed by atoms with E-state index >= 15 is 0 Å². The predicted molar refractivity (Wildman–Crippen MR) is 77.2 cm³/mol. The van der Waals surface area contributed by atoms with Crippen LogP contribution < -0.4 is 11.1 Å². The Labute approximate surface area is 119 Å². The van der Waals surface area contributed by atoms with Crippen molar-refractivity contribution in [2.45, 2.75) is 46.1 Å². The van der Waals surface area contributed by atoms with Crippen LogP contribution in [0.3, 0.4) is 0 Å². The summed E-state index contributed by atoms with van der Waals surface area (Å²) in [4.78, 5) is 20.2. The van der Waals surface area contributed by atoms with Crippen LogP contribution in [0.2, 0.25) is 5.15 Å². The predicted octanol–water partition coefficient (Wildman–Crippen LogP) is 2.57. The van der Waals surface area contributed by atoms with E-state index < -0.39 is 11.4 Å². The Morgan fingerprint density at radius 1 is 1.37 bits per heavy atom. The fourth-order valence-corrected chi connectivity index (χ4v) is 1.70. The summed E-state index contributed by atoms with van der Waals surface area (Å²) < 4.78 is 0. The number of nitrogens with two attached hydrogens (primary N) is 1. The number of nitrogens with zero attached hydrogens (tertiary/aromatic N) is 2. The van der Waals surface area contributed by atoms with E-state index in [2.05, 4.69) is 15.3 Å². The number of nitrogens with one attached hydrogen (secondary N) is 1. The van der Waals surface area contributed by atoms with Gasteiger partial charge in [-0.15, -0.1) is 0 Å². The Kier molecular flexibility index (Phi) is 4.74. The van der Waals surface area contributed by atoms with Crippen molar-refractivity contribution < 1.29 is 4.79 Å². The first-order valence-electron chi connectivity index (χ1n) is 6.29. The number of hydrogen-bond donors (Lipinski definition) is 2. The molecule has 0 aliphatic rings. The lowest BCUT2D eigenvalue weighted by molar-refractivity contribution is -0.123. The van der Waals surface area contributed by atoms with Crippen LogP contribution in [0.5, 0.6) is 0 Å². The molecule has 1 atom stereocenters. The third kappa shape index (κ3) is 3.56. The lowest BCUT2D eigenvalue weighted by Crippen LogP contribution is -2.52. The van der Waals surface area contributed by atoms with E-state index in [4.69, 9.17) is 17.3 Å². The van der Waals surface area contributed by atoms with E-state index in [1.165, 1.54) is 0 Å². The molecule has 3 N–H and O–H groups in total. The van der Waals surface area contributed by atoms with Gasteiger partial charge in [0.2, 0.25) is 5.91 Å². The van der Waals surface area contributed by atoms with Gasteiger partial charge in [-0.3, -0.25) is 4.79 Å². The standard InChI is InChI=1S/C13H21ClN4O/c1-7(2)11-16-9(14)6-10(17-11)18-13(5,8(3)4)12(15)19/h6-8H,1-5H3,(H2,15,19)(H,16,17,18). The van der Waals surface area contributed by atoms with Crippen LogP contribution in [-0.4, -0.2) is 21.4 Å². The van der Waals surface area contributed by atoms with Crippen molar-refractivity contribution >= 4 is 23.3 Å². The Morgan fingerprint density at radius 2 is 1.95 bits per heavy atom. The van der Waals surface area contributed by atoms with Gasteiger partial charge in [0.05, 0.1) is 0 Å². The molecule has 0 aliphatic heterocycles. The van der Waals surface area contributed by atoms with Crippen molar-refractivity contribution in [1.29, 1.82) is 0 Å². The van der Waals surface area contributed by atoms with Crippen LogP contribution in [0.1, 0.15) is 46.4 Å². The van der Waals surface area contributed by atoms with Gasteiger partial charge >= 0.3 is 0 Å². The van der Waals surface area contributed by atoms with Crippen molar-refractivity contribution in [3.63, 3.8) is 0 Å². The lowest BCUT2D eigenvalue weighted by atomic mass is 9.87. The van der Waals surface area contributed by atoms with Crippen LogP contribution >= 0.6 is 11.6 Å². The monoisotopic (exact) mass is 284 g/mol. The fraction of sp³-hybridized carbons (Fsp3) is 0.615. The third-order valence-corrected chi connectivity index (χ3v) is 3.48. The molecule has 1 aromatic heterocycles. The molecule has 0 aliphatic carbocycles. The molecular formula is C13H21ClN4O. The molecule has 0 aromatic carbocycles. The highest BCUT2D eigenvalue weighted by molar-refractivity contribution is 6.29. The Hall–Kier alpha value is -1.36. The van der Waals surface area contributed by atoms with Crippen LogP contribution in [0.4, 0.5) is 5.82 Å². The molecule has 5 nitrogen and oxygen atoms in total. The summed E-state index contributed by atoms with van der Waals surface area (Å²) >= 11 is 5.97. The van der Waals surface area contributed by atoms with E-state index in [1.54, 1.807) is 13.0 Å². The minimum absolute atomic E-state index is 0.0150. The smallest absolute Gasteiger partial charge is 0.243 e. The SMILES string of the molecule is CC(C)c1nc(Cl)cc(NC(C)(C(N)=O)C(C)C)n1. The maximum Gasteiger partial charge on any atom is 0.243 e. The number of amides is 1. The molecule has 1 rings (SSSR count). The molecule has 1 unspecified atom stereocenters. The summed E-state index contributed by atoms with van der Waals surface area (Å²) in [5, 5.41) is 3.42. The van der Waals surface area contributed by atoms with Crippen LogP contribution in [0, 0.1) is 5.92 Å². The molecule has 6 heteroatoms. The zero-order valence-corrected chi connectivity index (χ0v) is 12.7. The van der Waals surface area contributed by atoms with Crippen molar-refractivity contribution in [3.8, 4) is 0 Å². The molecule has 1 amide bonds. The quantitative estimate of drug-likeness (QED) is 0.814. The van der Waals surface area contributed by atoms with E-state index in [-0.39, 0.29) is 11.8 Å². The second kappa shape index (κ2) is 5.74. The third-order valence-electron chi connectivity index (χ3n) is 3.28. The van der Waals surface area contributed by atoms with E-state index in [1.807, 2.05) is 27.7 Å².